The molecule has 122 valence electrons. The van der Waals surface area contributed by atoms with E-state index in [2.05, 4.69) is 15.4 Å². The Bertz CT molecular complexity index is 672. The molecule has 0 radical (unpaired) electrons. The lowest BCUT2D eigenvalue weighted by molar-refractivity contribution is -0.385. The summed E-state index contributed by atoms with van der Waals surface area (Å²) in [5.41, 5.74) is 0.807. The number of nitrogens with one attached hydrogen (secondary N) is 2. The summed E-state index contributed by atoms with van der Waals surface area (Å²) in [6, 6.07) is 4.46. The largest absolute Gasteiger partial charge is 0.463 e. The van der Waals surface area contributed by atoms with Gasteiger partial charge in [0.15, 0.2) is 5.11 Å². The molecule has 0 heterocycles. The van der Waals surface area contributed by atoms with Crippen LogP contribution in [0.5, 0.6) is 0 Å². The first-order chi connectivity index (χ1) is 10.8. The highest BCUT2D eigenvalue weighted by molar-refractivity contribution is 7.80. The number of thiocarbonyl (C=S) groups is 1. The SMILES string of the molecule is CCOC(=O)/C=C/C(=O)NC(=S)Nc1ccc(C)c([N+](=O)[O-])c1. The van der Waals surface area contributed by atoms with Crippen LogP contribution in [0.3, 0.4) is 0 Å². The quantitative estimate of drug-likeness (QED) is 0.277. The molecule has 9 heteroatoms. The second-order valence-corrected chi connectivity index (χ2v) is 4.70. The van der Waals surface area contributed by atoms with E-state index in [1.807, 2.05) is 0 Å². The van der Waals surface area contributed by atoms with Gasteiger partial charge in [-0.1, -0.05) is 6.07 Å². The van der Waals surface area contributed by atoms with E-state index in [9.17, 15) is 19.7 Å². The fraction of sp³-hybridized carbons (Fsp3) is 0.214. The predicted molar refractivity (Wildman–Crippen MR) is 88.0 cm³/mol. The van der Waals surface area contributed by atoms with Crippen molar-refractivity contribution in [1.29, 1.82) is 0 Å². The zero-order chi connectivity index (χ0) is 17.4. The van der Waals surface area contributed by atoms with Crippen LogP contribution in [-0.2, 0) is 14.3 Å². The van der Waals surface area contributed by atoms with Gasteiger partial charge in [0.1, 0.15) is 0 Å². The highest BCUT2D eigenvalue weighted by Gasteiger charge is 2.12. The fourth-order valence-corrected chi connectivity index (χ4v) is 1.75. The summed E-state index contributed by atoms with van der Waals surface area (Å²) in [5, 5.41) is 15.8. The molecule has 0 atom stereocenters. The van der Waals surface area contributed by atoms with E-state index >= 15 is 0 Å². The zero-order valence-corrected chi connectivity index (χ0v) is 13.3. The second-order valence-electron chi connectivity index (χ2n) is 4.29. The molecule has 0 aliphatic rings. The minimum atomic E-state index is -0.643. The zero-order valence-electron chi connectivity index (χ0n) is 12.5. The minimum Gasteiger partial charge on any atom is -0.463 e. The summed E-state index contributed by atoms with van der Waals surface area (Å²) < 4.78 is 4.62. The number of carbonyl (C=O) groups excluding carboxylic acids is 2. The molecular weight excluding hydrogens is 322 g/mol. The number of hydrogen-bond acceptors (Lipinski definition) is 6. The first-order valence-corrected chi connectivity index (χ1v) is 6.96. The number of nitro groups is 1. The van der Waals surface area contributed by atoms with Gasteiger partial charge >= 0.3 is 5.97 Å². The van der Waals surface area contributed by atoms with E-state index in [0.29, 0.717) is 11.3 Å². The molecule has 23 heavy (non-hydrogen) atoms. The molecule has 1 aromatic carbocycles. The number of ether oxygens (including phenoxy) is 1. The van der Waals surface area contributed by atoms with Gasteiger partial charge in [-0.25, -0.2) is 4.79 Å². The summed E-state index contributed by atoms with van der Waals surface area (Å²) in [4.78, 5) is 32.9. The lowest BCUT2D eigenvalue weighted by Gasteiger charge is -2.08. The van der Waals surface area contributed by atoms with E-state index in [-0.39, 0.29) is 17.4 Å². The number of anilines is 1. The van der Waals surface area contributed by atoms with Crippen LogP contribution in [0.15, 0.2) is 30.4 Å². The standard InChI is InChI=1S/C14H15N3O5S/c1-3-22-13(19)7-6-12(18)16-14(23)15-10-5-4-9(2)11(8-10)17(20)21/h4-8H,3H2,1-2H3,(H2,15,16,18,23)/b7-6+. The summed E-state index contributed by atoms with van der Waals surface area (Å²) in [7, 11) is 0. The first-order valence-electron chi connectivity index (χ1n) is 6.55. The Kier molecular flexibility index (Phi) is 6.81. The first kappa shape index (κ1) is 18.2. The van der Waals surface area contributed by atoms with Gasteiger partial charge in [-0.15, -0.1) is 0 Å². The van der Waals surface area contributed by atoms with Crippen LogP contribution >= 0.6 is 12.2 Å². The van der Waals surface area contributed by atoms with Crippen LogP contribution in [-0.4, -0.2) is 28.5 Å². The molecule has 0 aliphatic heterocycles. The third-order valence-corrected chi connectivity index (χ3v) is 2.76. The topological polar surface area (TPSA) is 111 Å². The fourth-order valence-electron chi connectivity index (χ4n) is 1.53. The number of hydrogen-bond donors (Lipinski definition) is 2. The van der Waals surface area contributed by atoms with Crippen molar-refractivity contribution in [2.75, 3.05) is 11.9 Å². The molecule has 0 saturated carbocycles. The van der Waals surface area contributed by atoms with Gasteiger partial charge in [-0.3, -0.25) is 20.2 Å². The van der Waals surface area contributed by atoms with E-state index in [4.69, 9.17) is 12.2 Å². The van der Waals surface area contributed by atoms with Gasteiger partial charge in [-0.2, -0.15) is 0 Å². The maximum absolute atomic E-state index is 11.5. The Labute approximate surface area is 137 Å². The Balaban J connectivity index is 2.63. The molecule has 0 aromatic heterocycles. The third kappa shape index (κ3) is 6.22. The summed E-state index contributed by atoms with van der Waals surface area (Å²) in [5.74, 6) is -1.27. The minimum absolute atomic E-state index is 0.0540. The number of carbonyl (C=O) groups is 2. The van der Waals surface area contributed by atoms with Crippen molar-refractivity contribution in [2.24, 2.45) is 0 Å². The lowest BCUT2D eigenvalue weighted by atomic mass is 10.2. The highest BCUT2D eigenvalue weighted by Crippen LogP contribution is 2.22. The number of nitro benzene ring substituents is 1. The van der Waals surface area contributed by atoms with Crippen LogP contribution in [0.4, 0.5) is 11.4 Å². The second kappa shape index (κ2) is 8.59. The number of rotatable bonds is 5. The molecule has 0 aliphatic carbocycles. The smallest absolute Gasteiger partial charge is 0.330 e. The van der Waals surface area contributed by atoms with Gasteiger partial charge in [-0.05, 0) is 32.1 Å². The molecule has 0 unspecified atom stereocenters. The maximum Gasteiger partial charge on any atom is 0.330 e. The van der Waals surface area contributed by atoms with Crippen molar-refractivity contribution in [2.45, 2.75) is 13.8 Å². The average molecular weight is 337 g/mol. The number of esters is 1. The summed E-state index contributed by atoms with van der Waals surface area (Å²) in [6.07, 6.45) is 1.95. The Morgan fingerprint density at radius 3 is 2.70 bits per heavy atom. The average Bonchev–Trinajstić information content (AvgIpc) is 2.47. The molecule has 0 spiro atoms. The van der Waals surface area contributed by atoms with Crippen molar-refractivity contribution in [3.05, 3.63) is 46.0 Å². The van der Waals surface area contributed by atoms with E-state index in [1.54, 1.807) is 26.0 Å². The monoisotopic (exact) mass is 337 g/mol. The van der Waals surface area contributed by atoms with Gasteiger partial charge in [0.25, 0.3) is 5.69 Å². The van der Waals surface area contributed by atoms with Gasteiger partial charge in [0.05, 0.1) is 11.5 Å². The lowest BCUT2D eigenvalue weighted by Crippen LogP contribution is -2.33. The number of benzene rings is 1. The summed E-state index contributed by atoms with van der Waals surface area (Å²) in [6.45, 7) is 3.46. The van der Waals surface area contributed by atoms with E-state index in [0.717, 1.165) is 12.2 Å². The number of aryl methyl sites for hydroxylation is 1. The Morgan fingerprint density at radius 2 is 2.09 bits per heavy atom. The van der Waals surface area contributed by atoms with Crippen molar-refractivity contribution >= 4 is 40.6 Å². The van der Waals surface area contributed by atoms with Crippen LogP contribution < -0.4 is 10.6 Å². The van der Waals surface area contributed by atoms with Crippen LogP contribution in [0.2, 0.25) is 0 Å². The molecular formula is C14H15N3O5S. The van der Waals surface area contributed by atoms with E-state index in [1.165, 1.54) is 6.07 Å². The number of nitrogens with zero attached hydrogens (tertiary/aromatic N) is 1. The Morgan fingerprint density at radius 1 is 1.39 bits per heavy atom. The molecule has 0 saturated heterocycles. The number of amides is 1. The molecule has 2 N–H and O–H groups in total. The normalized spacial score (nSPS) is 10.2. The van der Waals surface area contributed by atoms with Gasteiger partial charge in [0, 0.05) is 29.5 Å². The molecule has 1 aromatic rings. The van der Waals surface area contributed by atoms with Crippen molar-refractivity contribution in [1.82, 2.24) is 5.32 Å². The Hall–Kier alpha value is -2.81. The van der Waals surface area contributed by atoms with Crippen LogP contribution in [0.25, 0.3) is 0 Å². The van der Waals surface area contributed by atoms with Crippen molar-refractivity contribution in [3.63, 3.8) is 0 Å². The van der Waals surface area contributed by atoms with Crippen LogP contribution in [0, 0.1) is 17.0 Å². The predicted octanol–water partition coefficient (Wildman–Crippen LogP) is 1.84. The van der Waals surface area contributed by atoms with Crippen LogP contribution in [0.1, 0.15) is 12.5 Å². The molecule has 0 bridgehead atoms. The molecule has 1 rings (SSSR count). The molecule has 1 amide bonds. The molecule has 0 fully saturated rings. The van der Waals surface area contributed by atoms with Crippen molar-refractivity contribution in [3.8, 4) is 0 Å². The maximum atomic E-state index is 11.5. The van der Waals surface area contributed by atoms with Gasteiger partial charge < -0.3 is 10.1 Å². The van der Waals surface area contributed by atoms with Crippen molar-refractivity contribution < 1.29 is 19.2 Å². The van der Waals surface area contributed by atoms with Gasteiger partial charge in [0.2, 0.25) is 5.91 Å². The van der Waals surface area contributed by atoms with E-state index < -0.39 is 16.8 Å². The highest BCUT2D eigenvalue weighted by atomic mass is 32.1. The summed E-state index contributed by atoms with van der Waals surface area (Å²) >= 11 is 4.92. The molecule has 8 nitrogen and oxygen atoms in total. The third-order valence-electron chi connectivity index (χ3n) is 2.56.